The van der Waals surface area contributed by atoms with Crippen LogP contribution in [0.3, 0.4) is 0 Å². The van der Waals surface area contributed by atoms with Gasteiger partial charge in [-0.25, -0.2) is 4.39 Å². The highest BCUT2D eigenvalue weighted by Gasteiger charge is 2.34. The first-order valence-corrected chi connectivity index (χ1v) is 8.92. The molecule has 28 heavy (non-hydrogen) atoms. The molecular weight excluding hydrogens is 359 g/mol. The molecule has 0 aromatic heterocycles. The third-order valence-electron chi connectivity index (χ3n) is 4.78. The molecule has 0 unspecified atom stereocenters. The summed E-state index contributed by atoms with van der Waals surface area (Å²) in [5.41, 5.74) is 1.65. The van der Waals surface area contributed by atoms with Gasteiger partial charge in [-0.3, -0.25) is 14.5 Å². The van der Waals surface area contributed by atoms with Crippen LogP contribution in [0.1, 0.15) is 17.2 Å². The predicted molar refractivity (Wildman–Crippen MR) is 103 cm³/mol. The van der Waals surface area contributed by atoms with Crippen molar-refractivity contribution in [3.05, 3.63) is 65.5 Å². The second-order valence-corrected chi connectivity index (χ2v) is 6.85. The molecular formula is C21H21FN4O2. The number of hydrogen-bond donors (Lipinski definition) is 0. The van der Waals surface area contributed by atoms with Crippen LogP contribution in [0.2, 0.25) is 0 Å². The summed E-state index contributed by atoms with van der Waals surface area (Å²) in [6, 6.07) is 14.2. The predicted octanol–water partition coefficient (Wildman–Crippen LogP) is 2.18. The lowest BCUT2D eigenvalue weighted by Gasteiger charge is -2.37. The van der Waals surface area contributed by atoms with Gasteiger partial charge in [0.05, 0.1) is 11.3 Å². The van der Waals surface area contributed by atoms with E-state index in [1.54, 1.807) is 60.3 Å². The minimum absolute atomic E-state index is 0.0653. The topological polar surface area (TPSA) is 67.7 Å². The Balaban J connectivity index is 1.78. The molecule has 0 saturated carbocycles. The molecule has 2 aromatic rings. The average molecular weight is 380 g/mol. The van der Waals surface area contributed by atoms with Crippen molar-refractivity contribution in [3.8, 4) is 6.07 Å². The smallest absolute Gasteiger partial charge is 0.246 e. The zero-order valence-corrected chi connectivity index (χ0v) is 15.8. The quantitative estimate of drug-likeness (QED) is 0.815. The number of likely N-dealkylation sites (N-methyl/N-ethyl adjacent to an activating group) is 1. The molecule has 2 amide bonds. The normalized spacial score (nSPS) is 15.5. The fraction of sp³-hybridized carbons (Fsp3) is 0.286. The van der Waals surface area contributed by atoms with Crippen LogP contribution in [0.4, 0.5) is 10.1 Å². The molecule has 1 saturated heterocycles. The van der Waals surface area contributed by atoms with Crippen LogP contribution in [0.5, 0.6) is 0 Å². The molecule has 0 N–H and O–H groups in total. The van der Waals surface area contributed by atoms with Gasteiger partial charge < -0.3 is 9.80 Å². The highest BCUT2D eigenvalue weighted by atomic mass is 19.1. The number of carbonyl (C=O) groups is 2. The van der Waals surface area contributed by atoms with Crippen molar-refractivity contribution < 1.29 is 14.0 Å². The first-order valence-electron chi connectivity index (χ1n) is 8.92. The summed E-state index contributed by atoms with van der Waals surface area (Å²) >= 11 is 0. The van der Waals surface area contributed by atoms with E-state index in [-0.39, 0.29) is 24.2 Å². The molecule has 0 aliphatic carbocycles. The number of piperazine rings is 1. The summed E-state index contributed by atoms with van der Waals surface area (Å²) in [4.78, 5) is 30.6. The van der Waals surface area contributed by atoms with Gasteiger partial charge in [0.2, 0.25) is 11.8 Å². The van der Waals surface area contributed by atoms with Gasteiger partial charge in [-0.1, -0.05) is 24.3 Å². The lowest BCUT2D eigenvalue weighted by Crippen LogP contribution is -2.54. The van der Waals surface area contributed by atoms with Crippen LogP contribution in [0.15, 0.2) is 48.5 Å². The largest absolute Gasteiger partial charge is 0.330 e. The van der Waals surface area contributed by atoms with Crippen LogP contribution in [-0.2, 0) is 9.59 Å². The monoisotopic (exact) mass is 380 g/mol. The van der Waals surface area contributed by atoms with Crippen molar-refractivity contribution >= 4 is 17.5 Å². The minimum atomic E-state index is -0.605. The van der Waals surface area contributed by atoms with Crippen LogP contribution < -0.4 is 4.90 Å². The Bertz CT molecular complexity index is 921. The molecule has 144 valence electrons. The Morgan fingerprint density at radius 2 is 1.82 bits per heavy atom. The molecule has 1 fully saturated rings. The lowest BCUT2D eigenvalue weighted by atomic mass is 10.0. The fourth-order valence-corrected chi connectivity index (χ4v) is 3.40. The third kappa shape index (κ3) is 3.87. The number of para-hydroxylation sites is 1. The van der Waals surface area contributed by atoms with Crippen molar-refractivity contribution in [1.29, 1.82) is 5.26 Å². The first-order chi connectivity index (χ1) is 13.4. The van der Waals surface area contributed by atoms with Crippen molar-refractivity contribution in [2.24, 2.45) is 0 Å². The molecule has 1 aliphatic heterocycles. The van der Waals surface area contributed by atoms with Gasteiger partial charge in [-0.05, 0) is 43.9 Å². The first kappa shape index (κ1) is 19.5. The molecule has 0 bridgehead atoms. The number of amides is 2. The van der Waals surface area contributed by atoms with Gasteiger partial charge in [-0.15, -0.1) is 0 Å². The molecule has 3 rings (SSSR count). The Morgan fingerprint density at radius 3 is 2.43 bits per heavy atom. The van der Waals surface area contributed by atoms with Crippen LogP contribution >= 0.6 is 0 Å². The highest BCUT2D eigenvalue weighted by molar-refractivity contribution is 5.99. The number of nitriles is 1. The zero-order valence-electron chi connectivity index (χ0n) is 15.8. The molecule has 1 atom stereocenters. The van der Waals surface area contributed by atoms with Gasteiger partial charge in [0, 0.05) is 13.1 Å². The zero-order chi connectivity index (χ0) is 20.3. The number of nitrogens with zero attached hydrogens (tertiary/aromatic N) is 4. The number of carbonyl (C=O) groups excluding carboxylic acids is 2. The van der Waals surface area contributed by atoms with Gasteiger partial charge in [0.25, 0.3) is 0 Å². The molecule has 7 heteroatoms. The number of anilines is 1. The summed E-state index contributed by atoms with van der Waals surface area (Å²) in [7, 11) is 3.54. The van der Waals surface area contributed by atoms with Crippen LogP contribution in [0.25, 0.3) is 0 Å². The Morgan fingerprint density at radius 1 is 1.14 bits per heavy atom. The van der Waals surface area contributed by atoms with Crippen LogP contribution in [0, 0.1) is 17.1 Å². The molecule has 2 aromatic carbocycles. The molecule has 0 spiro atoms. The van der Waals surface area contributed by atoms with Crippen molar-refractivity contribution in [3.63, 3.8) is 0 Å². The van der Waals surface area contributed by atoms with E-state index in [2.05, 4.69) is 6.07 Å². The second kappa shape index (κ2) is 8.19. The van der Waals surface area contributed by atoms with Crippen molar-refractivity contribution in [2.75, 3.05) is 38.6 Å². The van der Waals surface area contributed by atoms with E-state index in [1.165, 1.54) is 17.0 Å². The lowest BCUT2D eigenvalue weighted by molar-refractivity contribution is -0.141. The van der Waals surface area contributed by atoms with Crippen molar-refractivity contribution in [1.82, 2.24) is 9.80 Å². The van der Waals surface area contributed by atoms with Gasteiger partial charge >= 0.3 is 0 Å². The Hall–Kier alpha value is -3.24. The maximum atomic E-state index is 13.2. The summed E-state index contributed by atoms with van der Waals surface area (Å²) in [6.07, 6.45) is 0. The summed E-state index contributed by atoms with van der Waals surface area (Å²) in [5.74, 6) is -0.814. The Labute approximate surface area is 163 Å². The number of benzene rings is 2. The molecule has 1 aliphatic rings. The van der Waals surface area contributed by atoms with Gasteiger partial charge in [-0.2, -0.15) is 5.26 Å². The second-order valence-electron chi connectivity index (χ2n) is 6.85. The number of halogens is 1. The number of rotatable bonds is 4. The van der Waals surface area contributed by atoms with E-state index in [0.29, 0.717) is 29.9 Å². The van der Waals surface area contributed by atoms with Gasteiger partial charge in [0.1, 0.15) is 24.5 Å². The highest BCUT2D eigenvalue weighted by Crippen LogP contribution is 2.25. The average Bonchev–Trinajstić information content (AvgIpc) is 2.69. The molecule has 6 nitrogen and oxygen atoms in total. The van der Waals surface area contributed by atoms with E-state index in [9.17, 15) is 19.2 Å². The van der Waals surface area contributed by atoms with E-state index in [4.69, 9.17) is 0 Å². The van der Waals surface area contributed by atoms with Crippen molar-refractivity contribution in [2.45, 2.75) is 6.04 Å². The van der Waals surface area contributed by atoms with E-state index in [1.807, 2.05) is 0 Å². The maximum absolute atomic E-state index is 13.2. The van der Waals surface area contributed by atoms with Gasteiger partial charge in [0.15, 0.2) is 0 Å². The van der Waals surface area contributed by atoms with E-state index < -0.39 is 6.04 Å². The van der Waals surface area contributed by atoms with E-state index >= 15 is 0 Å². The molecule has 0 radical (unpaired) electrons. The van der Waals surface area contributed by atoms with E-state index in [0.717, 1.165) is 0 Å². The summed E-state index contributed by atoms with van der Waals surface area (Å²) in [5, 5.41) is 9.27. The molecule has 1 heterocycles. The SMILES string of the molecule is CN(C)[C@H](C(=O)N1CCN(c2ccccc2C#N)C(=O)C1)c1ccc(F)cc1. The third-order valence-corrected chi connectivity index (χ3v) is 4.78. The Kier molecular flexibility index (Phi) is 5.71. The van der Waals surface area contributed by atoms with Crippen LogP contribution in [-0.4, -0.2) is 55.3 Å². The number of hydrogen-bond acceptors (Lipinski definition) is 4. The standard InChI is InChI=1S/C21H21FN4O2/c1-24(2)20(15-7-9-17(22)10-8-15)21(28)25-11-12-26(19(27)14-25)18-6-4-3-5-16(18)13-23/h3-10,20H,11-12,14H2,1-2H3/t20-/m0/s1. The summed E-state index contributed by atoms with van der Waals surface area (Å²) in [6.45, 7) is 0.604. The maximum Gasteiger partial charge on any atom is 0.246 e. The minimum Gasteiger partial charge on any atom is -0.330 e. The fourth-order valence-electron chi connectivity index (χ4n) is 3.40. The summed E-state index contributed by atoms with van der Waals surface area (Å²) < 4.78 is 13.2.